The van der Waals surface area contributed by atoms with E-state index in [0.717, 1.165) is 11.3 Å². The normalized spacial score (nSPS) is 20.1. The Morgan fingerprint density at radius 3 is 2.68 bits per heavy atom. The van der Waals surface area contributed by atoms with Crippen LogP contribution in [0.4, 0.5) is 10.5 Å². The first-order valence-electron chi connectivity index (χ1n) is 6.55. The highest BCUT2D eigenvalue weighted by atomic mass is 16.2. The summed E-state index contributed by atoms with van der Waals surface area (Å²) < 4.78 is 0. The van der Waals surface area contributed by atoms with Crippen LogP contribution in [-0.4, -0.2) is 37.0 Å². The lowest BCUT2D eigenvalue weighted by Crippen LogP contribution is -2.50. The number of rotatable bonds is 0. The van der Waals surface area contributed by atoms with E-state index in [2.05, 4.69) is 10.6 Å². The minimum Gasteiger partial charge on any atom is -0.341 e. The largest absolute Gasteiger partial charge is 0.341 e. The molecule has 0 saturated carbocycles. The van der Waals surface area contributed by atoms with Crippen LogP contribution in [0.3, 0.4) is 0 Å². The van der Waals surface area contributed by atoms with Crippen molar-refractivity contribution in [2.24, 2.45) is 0 Å². The monoisotopic (exact) mass is 259 g/mol. The third-order valence-electron chi connectivity index (χ3n) is 4.24. The van der Waals surface area contributed by atoms with Crippen LogP contribution in [0, 0.1) is 0 Å². The smallest absolute Gasteiger partial charge is 0.317 e. The average Bonchev–Trinajstić information content (AvgIpc) is 2.72. The van der Waals surface area contributed by atoms with Gasteiger partial charge in [0.15, 0.2) is 0 Å². The molecule has 1 aromatic carbocycles. The maximum atomic E-state index is 12.3. The van der Waals surface area contributed by atoms with Crippen molar-refractivity contribution in [2.75, 3.05) is 25.5 Å². The molecule has 1 spiro atoms. The van der Waals surface area contributed by atoms with Crippen molar-refractivity contribution < 1.29 is 9.59 Å². The number of nitrogens with zero attached hydrogens (tertiary/aromatic N) is 1. The molecule has 2 aliphatic heterocycles. The number of nitrogens with one attached hydrogen (secondary N) is 2. The summed E-state index contributed by atoms with van der Waals surface area (Å²) in [6.07, 6.45) is 1.37. The van der Waals surface area contributed by atoms with E-state index in [4.69, 9.17) is 0 Å². The number of fused-ring (bicyclic) bond motifs is 2. The molecule has 2 N–H and O–H groups in total. The maximum absolute atomic E-state index is 12.3. The van der Waals surface area contributed by atoms with Crippen molar-refractivity contribution in [1.29, 1.82) is 0 Å². The van der Waals surface area contributed by atoms with Gasteiger partial charge in [0, 0.05) is 25.8 Å². The van der Waals surface area contributed by atoms with Gasteiger partial charge in [-0.3, -0.25) is 4.79 Å². The molecular formula is C14H17N3O2. The highest BCUT2D eigenvalue weighted by Crippen LogP contribution is 2.44. The first-order valence-corrected chi connectivity index (χ1v) is 6.55. The summed E-state index contributed by atoms with van der Waals surface area (Å²) >= 11 is 0. The summed E-state index contributed by atoms with van der Waals surface area (Å²) in [5, 5.41) is 5.59. The van der Waals surface area contributed by atoms with Crippen LogP contribution in [0.5, 0.6) is 0 Å². The van der Waals surface area contributed by atoms with Gasteiger partial charge in [0.25, 0.3) is 0 Å². The Hall–Kier alpha value is -2.04. The Balaban J connectivity index is 1.87. The molecule has 3 amide bonds. The Bertz CT molecular complexity index is 533. The summed E-state index contributed by atoms with van der Waals surface area (Å²) in [6.45, 7) is 1.23. The van der Waals surface area contributed by atoms with Crippen LogP contribution < -0.4 is 10.6 Å². The molecule has 0 atom stereocenters. The Labute approximate surface area is 112 Å². The van der Waals surface area contributed by atoms with Crippen molar-refractivity contribution in [3.8, 4) is 0 Å². The number of piperidine rings is 1. The van der Waals surface area contributed by atoms with Gasteiger partial charge in [-0.15, -0.1) is 0 Å². The molecule has 0 aliphatic carbocycles. The predicted molar refractivity (Wildman–Crippen MR) is 72.0 cm³/mol. The first kappa shape index (κ1) is 12.0. The first-order chi connectivity index (χ1) is 9.17. The van der Waals surface area contributed by atoms with Crippen molar-refractivity contribution >= 4 is 17.6 Å². The number of hydrogen-bond acceptors (Lipinski definition) is 2. The Morgan fingerprint density at radius 2 is 2.00 bits per heavy atom. The second-order valence-electron chi connectivity index (χ2n) is 5.12. The number of anilines is 1. The van der Waals surface area contributed by atoms with E-state index in [1.807, 2.05) is 24.3 Å². The molecular weight excluding hydrogens is 242 g/mol. The van der Waals surface area contributed by atoms with Crippen LogP contribution in [0.25, 0.3) is 0 Å². The lowest BCUT2D eigenvalue weighted by atomic mass is 9.74. The highest BCUT2D eigenvalue weighted by Gasteiger charge is 2.48. The minimum absolute atomic E-state index is 0.0680. The molecule has 1 saturated heterocycles. The number of benzene rings is 1. The molecule has 100 valence electrons. The summed E-state index contributed by atoms with van der Waals surface area (Å²) in [4.78, 5) is 25.7. The molecule has 5 heteroatoms. The van der Waals surface area contributed by atoms with Gasteiger partial charge in [-0.05, 0) is 24.5 Å². The van der Waals surface area contributed by atoms with Crippen molar-refractivity contribution in [3.63, 3.8) is 0 Å². The van der Waals surface area contributed by atoms with Crippen molar-refractivity contribution in [3.05, 3.63) is 29.8 Å². The molecule has 1 aromatic rings. The molecule has 2 heterocycles. The van der Waals surface area contributed by atoms with Crippen LogP contribution in [0.15, 0.2) is 24.3 Å². The molecule has 3 rings (SSSR count). The topological polar surface area (TPSA) is 61.4 Å². The molecule has 0 aromatic heterocycles. The van der Waals surface area contributed by atoms with E-state index in [1.165, 1.54) is 0 Å². The van der Waals surface area contributed by atoms with Crippen LogP contribution in [-0.2, 0) is 10.2 Å². The van der Waals surface area contributed by atoms with Gasteiger partial charge in [0.2, 0.25) is 5.91 Å². The quantitative estimate of drug-likeness (QED) is 0.738. The zero-order valence-corrected chi connectivity index (χ0v) is 10.9. The molecule has 0 radical (unpaired) electrons. The SMILES string of the molecule is CNC(=O)N1CCC2(CC1)C(=O)Nc1ccccc12. The number of carbonyl (C=O) groups excluding carboxylic acids is 2. The summed E-state index contributed by atoms with van der Waals surface area (Å²) in [5.41, 5.74) is 1.55. The van der Waals surface area contributed by atoms with E-state index >= 15 is 0 Å². The molecule has 0 bridgehead atoms. The standard InChI is InChI=1S/C14H17N3O2/c1-15-13(19)17-8-6-14(7-9-17)10-4-2-3-5-11(10)16-12(14)18/h2-5H,6-9H2,1H3,(H,15,19)(H,16,18). The van der Waals surface area contributed by atoms with Gasteiger partial charge in [-0.2, -0.15) is 0 Å². The highest BCUT2D eigenvalue weighted by molar-refractivity contribution is 6.06. The second kappa shape index (κ2) is 4.26. The lowest BCUT2D eigenvalue weighted by molar-refractivity contribution is -0.122. The number of urea groups is 1. The zero-order chi connectivity index (χ0) is 13.5. The fourth-order valence-electron chi connectivity index (χ4n) is 3.12. The Kier molecular flexibility index (Phi) is 2.69. The van der Waals surface area contributed by atoms with E-state index in [-0.39, 0.29) is 11.9 Å². The van der Waals surface area contributed by atoms with Gasteiger partial charge in [-0.25, -0.2) is 4.79 Å². The van der Waals surface area contributed by atoms with Crippen LogP contribution >= 0.6 is 0 Å². The van der Waals surface area contributed by atoms with Gasteiger partial charge >= 0.3 is 6.03 Å². The molecule has 2 aliphatic rings. The number of hydrogen-bond donors (Lipinski definition) is 2. The van der Waals surface area contributed by atoms with Crippen LogP contribution in [0.2, 0.25) is 0 Å². The number of likely N-dealkylation sites (tertiary alicyclic amines) is 1. The number of carbonyl (C=O) groups is 2. The second-order valence-corrected chi connectivity index (χ2v) is 5.12. The molecule has 5 nitrogen and oxygen atoms in total. The van der Waals surface area contributed by atoms with Crippen LogP contribution in [0.1, 0.15) is 18.4 Å². The van der Waals surface area contributed by atoms with Gasteiger partial charge in [-0.1, -0.05) is 18.2 Å². The number of para-hydroxylation sites is 1. The van der Waals surface area contributed by atoms with Gasteiger partial charge < -0.3 is 15.5 Å². The van der Waals surface area contributed by atoms with Gasteiger partial charge in [0.05, 0.1) is 5.41 Å². The molecule has 1 fully saturated rings. The molecule has 0 unspecified atom stereocenters. The average molecular weight is 259 g/mol. The van der Waals surface area contributed by atoms with Gasteiger partial charge in [0.1, 0.15) is 0 Å². The predicted octanol–water partition coefficient (Wildman–Crippen LogP) is 1.31. The third kappa shape index (κ3) is 1.69. The van der Waals surface area contributed by atoms with E-state index in [9.17, 15) is 9.59 Å². The third-order valence-corrected chi connectivity index (χ3v) is 4.24. The lowest BCUT2D eigenvalue weighted by Gasteiger charge is -2.37. The fraction of sp³-hybridized carbons (Fsp3) is 0.429. The van der Waals surface area contributed by atoms with Crippen molar-refractivity contribution in [1.82, 2.24) is 10.2 Å². The van der Waals surface area contributed by atoms with E-state index in [0.29, 0.717) is 25.9 Å². The summed E-state index contributed by atoms with van der Waals surface area (Å²) in [6, 6.07) is 7.78. The Morgan fingerprint density at radius 1 is 1.32 bits per heavy atom. The summed E-state index contributed by atoms with van der Waals surface area (Å²) in [7, 11) is 1.63. The molecule has 19 heavy (non-hydrogen) atoms. The number of amides is 3. The van der Waals surface area contributed by atoms with E-state index in [1.54, 1.807) is 11.9 Å². The van der Waals surface area contributed by atoms with Crippen molar-refractivity contribution in [2.45, 2.75) is 18.3 Å². The fourth-order valence-corrected chi connectivity index (χ4v) is 3.12. The van der Waals surface area contributed by atoms with E-state index < -0.39 is 5.41 Å². The maximum Gasteiger partial charge on any atom is 0.317 e. The zero-order valence-electron chi connectivity index (χ0n) is 10.9. The minimum atomic E-state index is -0.443. The summed E-state index contributed by atoms with van der Waals surface area (Å²) in [5.74, 6) is 0.0743.